The Morgan fingerprint density at radius 2 is 1.95 bits per heavy atom. The summed E-state index contributed by atoms with van der Waals surface area (Å²) in [5, 5.41) is 4.33. The van der Waals surface area contributed by atoms with Crippen molar-refractivity contribution in [2.75, 3.05) is 7.05 Å². The molecule has 1 atom stereocenters. The van der Waals surface area contributed by atoms with Crippen molar-refractivity contribution in [1.82, 2.24) is 10.3 Å². The molecule has 1 unspecified atom stereocenters. The average Bonchev–Trinajstić information content (AvgIpc) is 2.44. The maximum atomic E-state index is 4.37. The Kier molecular flexibility index (Phi) is 5.43. The lowest BCUT2D eigenvalue weighted by Gasteiger charge is -2.14. The van der Waals surface area contributed by atoms with Gasteiger partial charge in [-0.25, -0.2) is 4.98 Å². The van der Waals surface area contributed by atoms with Gasteiger partial charge in [0.2, 0.25) is 0 Å². The van der Waals surface area contributed by atoms with Crippen LogP contribution in [-0.4, -0.2) is 12.0 Å². The Hall–Kier alpha value is -0.840. The van der Waals surface area contributed by atoms with E-state index in [9.17, 15) is 0 Å². The monoisotopic (exact) mass is 336 g/mol. The van der Waals surface area contributed by atoms with Crippen molar-refractivity contribution in [1.29, 1.82) is 0 Å². The maximum absolute atomic E-state index is 4.37. The van der Waals surface area contributed by atoms with E-state index in [1.165, 1.54) is 10.5 Å². The molecule has 1 aromatic carbocycles. The molecule has 100 valence electrons. The number of hydrogen-bond donors (Lipinski definition) is 1. The van der Waals surface area contributed by atoms with Gasteiger partial charge in [-0.3, -0.25) is 0 Å². The van der Waals surface area contributed by atoms with Gasteiger partial charge in [0, 0.05) is 21.6 Å². The summed E-state index contributed by atoms with van der Waals surface area (Å²) >= 11 is 5.07. The highest BCUT2D eigenvalue weighted by molar-refractivity contribution is 9.10. The molecule has 0 amide bonds. The van der Waals surface area contributed by atoms with Crippen LogP contribution >= 0.6 is 27.7 Å². The van der Waals surface area contributed by atoms with E-state index in [1.54, 1.807) is 11.8 Å². The molecule has 2 rings (SSSR count). The first kappa shape index (κ1) is 14.6. The minimum Gasteiger partial charge on any atom is -0.313 e. The van der Waals surface area contributed by atoms with E-state index in [1.807, 2.05) is 25.4 Å². The lowest BCUT2D eigenvalue weighted by molar-refractivity contribution is 0.576. The van der Waals surface area contributed by atoms with E-state index in [4.69, 9.17) is 0 Å². The number of benzene rings is 1. The summed E-state index contributed by atoms with van der Waals surface area (Å²) in [6.07, 6.45) is 2.92. The van der Waals surface area contributed by atoms with Gasteiger partial charge in [0.1, 0.15) is 5.03 Å². The first-order valence-corrected chi connectivity index (χ1v) is 7.90. The fraction of sp³-hybridized carbons (Fsp3) is 0.267. The number of aromatic nitrogens is 1. The molecule has 0 spiro atoms. The van der Waals surface area contributed by atoms with E-state index in [0.29, 0.717) is 6.04 Å². The number of nitrogens with zero attached hydrogens (tertiary/aromatic N) is 1. The van der Waals surface area contributed by atoms with Gasteiger partial charge in [0.05, 0.1) is 0 Å². The molecule has 0 radical (unpaired) electrons. The largest absolute Gasteiger partial charge is 0.313 e. The van der Waals surface area contributed by atoms with Crippen LogP contribution in [0.1, 0.15) is 24.9 Å². The van der Waals surface area contributed by atoms with Crippen molar-refractivity contribution in [3.63, 3.8) is 0 Å². The van der Waals surface area contributed by atoms with Crippen LogP contribution in [0.2, 0.25) is 0 Å². The van der Waals surface area contributed by atoms with Gasteiger partial charge in [-0.1, -0.05) is 30.8 Å². The molecule has 1 aromatic heterocycles. The zero-order chi connectivity index (χ0) is 13.7. The summed E-state index contributed by atoms with van der Waals surface area (Å²) in [5.41, 5.74) is 1.33. The van der Waals surface area contributed by atoms with Crippen LogP contribution in [0.15, 0.2) is 57.0 Å². The van der Waals surface area contributed by atoms with Crippen LogP contribution in [0.5, 0.6) is 0 Å². The van der Waals surface area contributed by atoms with E-state index >= 15 is 0 Å². The average molecular weight is 337 g/mol. The van der Waals surface area contributed by atoms with Crippen molar-refractivity contribution in [2.45, 2.75) is 29.3 Å². The van der Waals surface area contributed by atoms with Crippen LogP contribution in [0.25, 0.3) is 0 Å². The minimum atomic E-state index is 0.435. The molecule has 0 aliphatic rings. The quantitative estimate of drug-likeness (QED) is 0.858. The Bertz CT molecular complexity index is 507. The second-order valence-electron chi connectivity index (χ2n) is 4.24. The highest BCUT2D eigenvalue weighted by Crippen LogP contribution is 2.28. The van der Waals surface area contributed by atoms with Gasteiger partial charge < -0.3 is 5.32 Å². The Balaban J connectivity index is 2.08. The van der Waals surface area contributed by atoms with Crippen LogP contribution in [0.3, 0.4) is 0 Å². The SMILES string of the molecule is CCC(NC)c1ccc(Sc2ccc(Br)cn2)cc1. The predicted octanol–water partition coefficient (Wildman–Crippen LogP) is 4.67. The second-order valence-corrected chi connectivity index (χ2v) is 6.24. The number of hydrogen-bond acceptors (Lipinski definition) is 3. The smallest absolute Gasteiger partial charge is 0.101 e. The number of halogens is 1. The highest BCUT2D eigenvalue weighted by Gasteiger charge is 2.06. The third-order valence-electron chi connectivity index (χ3n) is 2.96. The van der Waals surface area contributed by atoms with Crippen molar-refractivity contribution in [3.8, 4) is 0 Å². The molecule has 0 fully saturated rings. The summed E-state index contributed by atoms with van der Waals surface area (Å²) in [4.78, 5) is 5.58. The zero-order valence-corrected chi connectivity index (χ0v) is 13.5. The van der Waals surface area contributed by atoms with Crippen molar-refractivity contribution < 1.29 is 0 Å². The summed E-state index contributed by atoms with van der Waals surface area (Å²) in [5.74, 6) is 0. The fourth-order valence-corrected chi connectivity index (χ4v) is 2.91. The van der Waals surface area contributed by atoms with Gasteiger partial charge in [0.15, 0.2) is 0 Å². The van der Waals surface area contributed by atoms with Crippen molar-refractivity contribution in [3.05, 3.63) is 52.6 Å². The van der Waals surface area contributed by atoms with Crippen molar-refractivity contribution in [2.24, 2.45) is 0 Å². The Morgan fingerprint density at radius 3 is 2.47 bits per heavy atom. The third-order valence-corrected chi connectivity index (χ3v) is 4.39. The Labute approximate surface area is 127 Å². The summed E-state index contributed by atoms with van der Waals surface area (Å²) < 4.78 is 1.01. The summed E-state index contributed by atoms with van der Waals surface area (Å²) in [7, 11) is 2.00. The van der Waals surface area contributed by atoms with E-state index < -0.39 is 0 Å². The first-order chi connectivity index (χ1) is 9.22. The van der Waals surface area contributed by atoms with Gasteiger partial charge >= 0.3 is 0 Å². The molecule has 0 aliphatic heterocycles. The molecule has 1 N–H and O–H groups in total. The number of pyridine rings is 1. The van der Waals surface area contributed by atoms with E-state index in [0.717, 1.165) is 15.9 Å². The fourth-order valence-electron chi connectivity index (χ4n) is 1.92. The van der Waals surface area contributed by atoms with Gasteiger partial charge in [-0.15, -0.1) is 0 Å². The topological polar surface area (TPSA) is 24.9 Å². The standard InChI is InChI=1S/C15H17BrN2S/c1-3-14(17-2)11-4-7-13(8-5-11)19-15-9-6-12(16)10-18-15/h4-10,14,17H,3H2,1-2H3. The van der Waals surface area contributed by atoms with E-state index in [-0.39, 0.29) is 0 Å². The summed E-state index contributed by atoms with van der Waals surface area (Å²) in [6.45, 7) is 2.19. The predicted molar refractivity (Wildman–Crippen MR) is 84.6 cm³/mol. The highest BCUT2D eigenvalue weighted by atomic mass is 79.9. The van der Waals surface area contributed by atoms with Crippen LogP contribution < -0.4 is 5.32 Å². The minimum absolute atomic E-state index is 0.435. The molecule has 0 saturated carbocycles. The molecule has 0 aliphatic carbocycles. The normalized spacial score (nSPS) is 12.4. The molecular weight excluding hydrogens is 320 g/mol. The summed E-state index contributed by atoms with van der Waals surface area (Å²) in [6, 6.07) is 13.2. The Morgan fingerprint density at radius 1 is 1.21 bits per heavy atom. The maximum Gasteiger partial charge on any atom is 0.101 e. The molecule has 19 heavy (non-hydrogen) atoms. The molecular formula is C15H17BrN2S. The molecule has 2 nitrogen and oxygen atoms in total. The molecule has 0 bridgehead atoms. The number of rotatable bonds is 5. The van der Waals surface area contributed by atoms with Gasteiger partial charge in [0.25, 0.3) is 0 Å². The molecule has 0 saturated heterocycles. The molecule has 2 aromatic rings. The molecule has 1 heterocycles. The van der Waals surface area contributed by atoms with Crippen LogP contribution in [0.4, 0.5) is 0 Å². The number of nitrogens with one attached hydrogen (secondary N) is 1. The lowest BCUT2D eigenvalue weighted by atomic mass is 10.1. The van der Waals surface area contributed by atoms with Crippen LogP contribution in [0, 0.1) is 0 Å². The first-order valence-electron chi connectivity index (χ1n) is 6.29. The lowest BCUT2D eigenvalue weighted by Crippen LogP contribution is -2.14. The zero-order valence-electron chi connectivity index (χ0n) is 11.1. The van der Waals surface area contributed by atoms with Crippen molar-refractivity contribution >= 4 is 27.7 Å². The van der Waals surface area contributed by atoms with Gasteiger partial charge in [-0.05, 0) is 59.2 Å². The third kappa shape index (κ3) is 4.06. The molecule has 4 heteroatoms. The second kappa shape index (κ2) is 7.08. The van der Waals surface area contributed by atoms with Gasteiger partial charge in [-0.2, -0.15) is 0 Å². The van der Waals surface area contributed by atoms with E-state index in [2.05, 4.69) is 57.4 Å². The van der Waals surface area contributed by atoms with Crippen LogP contribution in [-0.2, 0) is 0 Å².